The lowest BCUT2D eigenvalue weighted by Gasteiger charge is -2.26. The number of hydrogen-bond acceptors (Lipinski definition) is 1. The van der Waals surface area contributed by atoms with E-state index in [1.807, 2.05) is 6.92 Å². The van der Waals surface area contributed by atoms with Crippen LogP contribution >= 0.6 is 23.2 Å². The molecule has 3 nitrogen and oxygen atoms in total. The molecule has 2 aromatic carbocycles. The van der Waals surface area contributed by atoms with Gasteiger partial charge in [0.1, 0.15) is 6.04 Å². The summed E-state index contributed by atoms with van der Waals surface area (Å²) in [7, 11) is 0. The molecule has 0 heterocycles. The molecular weight excluding hydrogens is 343 g/mol. The van der Waals surface area contributed by atoms with Crippen LogP contribution in [0.5, 0.6) is 0 Å². The number of anilines is 1. The Kier molecular flexibility index (Phi) is 5.44. The zero-order chi connectivity index (χ0) is 17.1. The summed E-state index contributed by atoms with van der Waals surface area (Å²) in [6, 6.07) is 13.7. The van der Waals surface area contributed by atoms with Crippen LogP contribution in [0.2, 0.25) is 10.0 Å². The normalized spacial score (nSPS) is 17.9. The van der Waals surface area contributed by atoms with Gasteiger partial charge in [-0.05, 0) is 43.5 Å². The molecule has 0 saturated heterocycles. The molecule has 3 N–H and O–H groups in total. The van der Waals surface area contributed by atoms with Crippen LogP contribution in [0.25, 0.3) is 0 Å². The van der Waals surface area contributed by atoms with Crippen LogP contribution in [0, 0.1) is 0 Å². The van der Waals surface area contributed by atoms with Crippen molar-refractivity contribution in [3.8, 4) is 0 Å². The van der Waals surface area contributed by atoms with Gasteiger partial charge in [-0.15, -0.1) is 0 Å². The van der Waals surface area contributed by atoms with Crippen molar-refractivity contribution in [1.29, 1.82) is 0 Å². The quantitative estimate of drug-likeness (QED) is 0.848. The Morgan fingerprint density at radius 3 is 2.83 bits per heavy atom. The number of nitrogens with two attached hydrogens (primary N) is 1. The SMILES string of the molecule is C[C@@H]([NH2+][C@@H]1CCCc2ccccc21)C(=O)Nc1ccc(Cl)cc1Cl. The van der Waals surface area contributed by atoms with E-state index in [1.165, 1.54) is 11.1 Å². The fourth-order valence-corrected chi connectivity index (χ4v) is 3.72. The lowest BCUT2D eigenvalue weighted by atomic mass is 9.87. The first-order valence-corrected chi connectivity index (χ1v) is 8.99. The van der Waals surface area contributed by atoms with Gasteiger partial charge in [-0.25, -0.2) is 0 Å². The van der Waals surface area contributed by atoms with Crippen molar-refractivity contribution < 1.29 is 10.1 Å². The second kappa shape index (κ2) is 7.56. The van der Waals surface area contributed by atoms with Crippen LogP contribution in [0.1, 0.15) is 36.9 Å². The molecule has 24 heavy (non-hydrogen) atoms. The van der Waals surface area contributed by atoms with Crippen molar-refractivity contribution in [3.05, 3.63) is 63.6 Å². The zero-order valence-corrected chi connectivity index (χ0v) is 15.1. The highest BCUT2D eigenvalue weighted by Crippen LogP contribution is 2.27. The average molecular weight is 364 g/mol. The third-order valence-corrected chi connectivity index (χ3v) is 5.09. The number of benzene rings is 2. The minimum atomic E-state index is -0.201. The number of hydrogen-bond donors (Lipinski definition) is 2. The second-order valence-corrected chi connectivity index (χ2v) is 7.14. The second-order valence-electron chi connectivity index (χ2n) is 6.29. The van der Waals surface area contributed by atoms with E-state index in [0.717, 1.165) is 19.3 Å². The number of nitrogens with one attached hydrogen (secondary N) is 1. The van der Waals surface area contributed by atoms with E-state index in [0.29, 0.717) is 21.8 Å². The summed E-state index contributed by atoms with van der Waals surface area (Å²) in [5, 5.41) is 6.04. The average Bonchev–Trinajstić information content (AvgIpc) is 2.57. The zero-order valence-electron chi connectivity index (χ0n) is 13.6. The maximum atomic E-state index is 12.5. The monoisotopic (exact) mass is 363 g/mol. The fraction of sp³-hybridized carbons (Fsp3) is 0.316. The lowest BCUT2D eigenvalue weighted by molar-refractivity contribution is -0.714. The third kappa shape index (κ3) is 3.92. The predicted molar refractivity (Wildman–Crippen MR) is 98.6 cm³/mol. The number of carbonyl (C=O) groups excluding carboxylic acids is 1. The largest absolute Gasteiger partial charge is 0.330 e. The molecule has 5 heteroatoms. The first-order valence-electron chi connectivity index (χ1n) is 8.23. The van der Waals surface area contributed by atoms with Crippen LogP contribution in [0.3, 0.4) is 0 Å². The molecule has 0 unspecified atom stereocenters. The smallest absolute Gasteiger partial charge is 0.282 e. The van der Waals surface area contributed by atoms with Crippen molar-refractivity contribution in [2.24, 2.45) is 0 Å². The van der Waals surface area contributed by atoms with Gasteiger partial charge in [-0.1, -0.05) is 47.5 Å². The first-order chi connectivity index (χ1) is 11.5. The molecule has 2 aromatic rings. The standard InChI is InChI=1S/C19H20Cl2N2O/c1-12(19(24)23-18-10-9-14(20)11-16(18)21)22-17-8-4-6-13-5-2-3-7-15(13)17/h2-3,5,7,9-12,17,22H,4,6,8H2,1H3,(H,23,24)/p+1/t12-,17-/m1/s1. The minimum absolute atomic E-state index is 0.0534. The van der Waals surface area contributed by atoms with Crippen LogP contribution in [0.15, 0.2) is 42.5 Å². The van der Waals surface area contributed by atoms with E-state index in [9.17, 15) is 4.79 Å². The molecule has 1 aliphatic carbocycles. The Balaban J connectivity index is 1.67. The number of carbonyl (C=O) groups is 1. The Morgan fingerprint density at radius 1 is 1.25 bits per heavy atom. The molecule has 126 valence electrons. The Hall–Kier alpha value is -1.55. The summed E-state index contributed by atoms with van der Waals surface area (Å²) in [6.45, 7) is 1.93. The van der Waals surface area contributed by atoms with E-state index in [-0.39, 0.29) is 11.9 Å². The van der Waals surface area contributed by atoms with Gasteiger partial charge in [0.2, 0.25) is 0 Å². The number of quaternary nitrogens is 1. The highest BCUT2D eigenvalue weighted by Gasteiger charge is 2.27. The van der Waals surface area contributed by atoms with Gasteiger partial charge in [0.05, 0.1) is 10.7 Å². The van der Waals surface area contributed by atoms with Gasteiger partial charge in [0.15, 0.2) is 6.04 Å². The Bertz CT molecular complexity index is 748. The van der Waals surface area contributed by atoms with E-state index in [4.69, 9.17) is 23.2 Å². The van der Waals surface area contributed by atoms with Crippen LogP contribution in [-0.4, -0.2) is 11.9 Å². The van der Waals surface area contributed by atoms with Gasteiger partial charge >= 0.3 is 0 Å². The molecule has 0 spiro atoms. The van der Waals surface area contributed by atoms with Crippen LogP contribution in [-0.2, 0) is 11.2 Å². The molecule has 0 fully saturated rings. The summed E-state index contributed by atoms with van der Waals surface area (Å²) in [5.41, 5.74) is 3.35. The molecule has 2 atom stereocenters. The van der Waals surface area contributed by atoms with Crippen molar-refractivity contribution >= 4 is 34.8 Å². The van der Waals surface area contributed by atoms with E-state index < -0.39 is 0 Å². The molecule has 0 aliphatic heterocycles. The van der Waals surface area contributed by atoms with Crippen molar-refractivity contribution in [2.75, 3.05) is 5.32 Å². The number of rotatable bonds is 4. The maximum Gasteiger partial charge on any atom is 0.282 e. The Morgan fingerprint density at radius 2 is 2.04 bits per heavy atom. The van der Waals surface area contributed by atoms with Crippen LogP contribution < -0.4 is 10.6 Å². The highest BCUT2D eigenvalue weighted by molar-refractivity contribution is 6.36. The summed E-state index contributed by atoms with van der Waals surface area (Å²) >= 11 is 12.0. The molecule has 0 aromatic heterocycles. The summed E-state index contributed by atoms with van der Waals surface area (Å²) < 4.78 is 0. The maximum absolute atomic E-state index is 12.5. The molecule has 1 amide bonds. The Labute approximate surface area is 152 Å². The van der Waals surface area contributed by atoms with E-state index in [1.54, 1.807) is 18.2 Å². The fourth-order valence-electron chi connectivity index (χ4n) is 3.26. The lowest BCUT2D eigenvalue weighted by Crippen LogP contribution is -2.92. The molecule has 0 radical (unpaired) electrons. The van der Waals surface area contributed by atoms with E-state index >= 15 is 0 Å². The minimum Gasteiger partial charge on any atom is -0.330 e. The van der Waals surface area contributed by atoms with Crippen molar-refractivity contribution in [1.82, 2.24) is 0 Å². The summed E-state index contributed by atoms with van der Waals surface area (Å²) in [4.78, 5) is 12.5. The van der Waals surface area contributed by atoms with Gasteiger partial charge in [-0.3, -0.25) is 4.79 Å². The highest BCUT2D eigenvalue weighted by atomic mass is 35.5. The molecule has 0 saturated carbocycles. The van der Waals surface area contributed by atoms with Gasteiger partial charge in [0, 0.05) is 17.0 Å². The first kappa shape index (κ1) is 17.3. The molecule has 3 rings (SSSR count). The van der Waals surface area contributed by atoms with Gasteiger partial charge < -0.3 is 10.6 Å². The van der Waals surface area contributed by atoms with E-state index in [2.05, 4.69) is 34.9 Å². The van der Waals surface area contributed by atoms with Crippen molar-refractivity contribution in [2.45, 2.75) is 38.3 Å². The number of amides is 1. The number of halogens is 2. The van der Waals surface area contributed by atoms with Gasteiger partial charge in [-0.2, -0.15) is 0 Å². The predicted octanol–water partition coefficient (Wildman–Crippen LogP) is 3.96. The summed E-state index contributed by atoms with van der Waals surface area (Å²) in [6.07, 6.45) is 3.38. The number of aryl methyl sites for hydroxylation is 1. The van der Waals surface area contributed by atoms with Gasteiger partial charge in [0.25, 0.3) is 5.91 Å². The third-order valence-electron chi connectivity index (χ3n) is 4.54. The molecular formula is C19H21Cl2N2O+. The molecule has 1 aliphatic rings. The topological polar surface area (TPSA) is 45.7 Å². The van der Waals surface area contributed by atoms with Crippen molar-refractivity contribution in [3.63, 3.8) is 0 Å². The molecule has 0 bridgehead atoms. The summed E-state index contributed by atoms with van der Waals surface area (Å²) in [5.74, 6) is -0.0534. The number of fused-ring (bicyclic) bond motifs is 1. The van der Waals surface area contributed by atoms with Crippen LogP contribution in [0.4, 0.5) is 5.69 Å².